The Labute approximate surface area is 195 Å². The molecule has 0 bridgehead atoms. The Bertz CT molecular complexity index is 700. The molecule has 1 aromatic carbocycles. The van der Waals surface area contributed by atoms with Gasteiger partial charge in [0.15, 0.2) is 6.23 Å². The summed E-state index contributed by atoms with van der Waals surface area (Å²) >= 11 is 0. The molecule has 0 aliphatic rings. The lowest BCUT2D eigenvalue weighted by atomic mass is 10.3. The molecule has 0 saturated carbocycles. The summed E-state index contributed by atoms with van der Waals surface area (Å²) in [6.45, 7) is 10.0. The molecule has 11 nitrogen and oxygen atoms in total. The Morgan fingerprint density at radius 1 is 1.09 bits per heavy atom. The van der Waals surface area contributed by atoms with Crippen molar-refractivity contribution in [3.63, 3.8) is 0 Å². The molecule has 0 heterocycles. The van der Waals surface area contributed by atoms with Crippen molar-refractivity contribution in [3.05, 3.63) is 34.7 Å². The van der Waals surface area contributed by atoms with Crippen LogP contribution in [0.15, 0.2) is 29.4 Å². The summed E-state index contributed by atoms with van der Waals surface area (Å²) in [6, 6.07) is 7.38. The van der Waals surface area contributed by atoms with Crippen LogP contribution in [-0.2, 0) is 23.7 Å². The summed E-state index contributed by atoms with van der Waals surface area (Å²) in [5.74, 6) is 0.347. The first kappa shape index (κ1) is 28.6. The minimum Gasteiger partial charge on any atom is -0.491 e. The first-order valence-corrected chi connectivity index (χ1v) is 11.2. The van der Waals surface area contributed by atoms with Crippen molar-refractivity contribution in [3.8, 4) is 5.75 Å². The minimum atomic E-state index is -0.777. The predicted molar refractivity (Wildman–Crippen MR) is 125 cm³/mol. The second kappa shape index (κ2) is 19.1. The van der Waals surface area contributed by atoms with E-state index in [1.165, 1.54) is 0 Å². The maximum Gasteiger partial charge on any atom is 0.226 e. The van der Waals surface area contributed by atoms with Crippen molar-refractivity contribution < 1.29 is 28.5 Å². The Morgan fingerprint density at radius 2 is 1.85 bits per heavy atom. The van der Waals surface area contributed by atoms with Gasteiger partial charge in [-0.1, -0.05) is 25.0 Å². The van der Waals surface area contributed by atoms with Gasteiger partial charge in [0.25, 0.3) is 0 Å². The largest absolute Gasteiger partial charge is 0.491 e. The number of rotatable bonds is 20. The smallest absolute Gasteiger partial charge is 0.226 e. The van der Waals surface area contributed by atoms with Crippen molar-refractivity contribution in [2.75, 3.05) is 64.7 Å². The Kier molecular flexibility index (Phi) is 16.6. The molecule has 1 rings (SSSR count). The second-order valence-corrected chi connectivity index (χ2v) is 7.20. The molecule has 0 fully saturated rings. The Morgan fingerprint density at radius 3 is 2.58 bits per heavy atom. The first-order chi connectivity index (χ1) is 16.0. The van der Waals surface area contributed by atoms with Gasteiger partial charge in [-0.15, -0.1) is 0 Å². The number of amides is 1. The van der Waals surface area contributed by atoms with Gasteiger partial charge in [0.05, 0.1) is 46.1 Å². The zero-order valence-corrected chi connectivity index (χ0v) is 19.8. The number of hydrogen-bond acceptors (Lipinski definition) is 8. The van der Waals surface area contributed by atoms with Crippen LogP contribution >= 0.6 is 0 Å². The first-order valence-electron chi connectivity index (χ1n) is 11.2. The molecule has 1 amide bonds. The number of nitrogens with one attached hydrogen (secondary N) is 2. The van der Waals surface area contributed by atoms with E-state index in [0.717, 1.165) is 6.54 Å². The quantitative estimate of drug-likeness (QED) is 0.130. The zero-order valence-electron chi connectivity index (χ0n) is 19.8. The lowest BCUT2D eigenvalue weighted by Gasteiger charge is -2.14. The minimum absolute atomic E-state index is 0.0387. The average molecular weight is 468 g/mol. The van der Waals surface area contributed by atoms with Crippen LogP contribution in [0.1, 0.15) is 27.2 Å². The molecule has 1 atom stereocenters. The summed E-state index contributed by atoms with van der Waals surface area (Å²) in [4.78, 5) is 14.9. The average Bonchev–Trinajstić information content (AvgIpc) is 2.79. The molecule has 1 unspecified atom stereocenters. The van der Waals surface area contributed by atoms with Gasteiger partial charge in [0.1, 0.15) is 12.4 Å². The highest BCUT2D eigenvalue weighted by Gasteiger charge is 2.09. The van der Waals surface area contributed by atoms with E-state index in [4.69, 9.17) is 29.2 Å². The number of azide groups is 1. The van der Waals surface area contributed by atoms with E-state index in [-0.39, 0.29) is 18.9 Å². The van der Waals surface area contributed by atoms with Crippen LogP contribution in [0.5, 0.6) is 5.75 Å². The summed E-state index contributed by atoms with van der Waals surface area (Å²) in [6.07, 6.45) is -0.548. The molecule has 0 aliphatic carbocycles. The van der Waals surface area contributed by atoms with Crippen molar-refractivity contribution in [2.45, 2.75) is 39.5 Å². The number of hydrogen-bond donors (Lipinski definition) is 2. The van der Waals surface area contributed by atoms with Gasteiger partial charge < -0.3 is 34.3 Å². The second-order valence-electron chi connectivity index (χ2n) is 7.20. The van der Waals surface area contributed by atoms with Gasteiger partial charge in [-0.2, -0.15) is 0 Å². The van der Waals surface area contributed by atoms with E-state index < -0.39 is 6.23 Å². The molecule has 2 N–H and O–H groups in total. The molecule has 0 spiro atoms. The Hall–Kier alpha value is -2.40. The van der Waals surface area contributed by atoms with E-state index in [1.54, 1.807) is 24.3 Å². The highest BCUT2D eigenvalue weighted by molar-refractivity contribution is 5.90. The molecule has 33 heavy (non-hydrogen) atoms. The van der Waals surface area contributed by atoms with Crippen molar-refractivity contribution in [1.82, 2.24) is 5.32 Å². The van der Waals surface area contributed by atoms with Gasteiger partial charge in [-0.3, -0.25) is 4.79 Å². The molecule has 186 valence electrons. The van der Waals surface area contributed by atoms with Crippen molar-refractivity contribution in [2.24, 2.45) is 5.11 Å². The zero-order chi connectivity index (χ0) is 24.2. The molecular formula is C22H37N5O6. The predicted octanol–water partition coefficient (Wildman–Crippen LogP) is 3.11. The summed E-state index contributed by atoms with van der Waals surface area (Å²) in [7, 11) is 0. The summed E-state index contributed by atoms with van der Waals surface area (Å²) < 4.78 is 27.1. The third-order valence-corrected chi connectivity index (χ3v) is 4.08. The monoisotopic (exact) mass is 467 g/mol. The molecule has 0 radical (unpaired) electrons. The summed E-state index contributed by atoms with van der Waals surface area (Å²) in [5.41, 5.74) is 9.27. The number of benzene rings is 1. The SMILES string of the molecule is CCOCCOC(COc1cccc(NC(=O)CCOCCOCCNC(C)C)c1)N=[N+]=[N-]. The molecular weight excluding hydrogens is 430 g/mol. The number of ether oxygens (including phenoxy) is 5. The molecule has 0 aliphatic heterocycles. The fourth-order valence-corrected chi connectivity index (χ4v) is 2.52. The number of nitrogens with zero attached hydrogens (tertiary/aromatic N) is 3. The van der Waals surface area contributed by atoms with Gasteiger partial charge in [0, 0.05) is 35.9 Å². The third-order valence-electron chi connectivity index (χ3n) is 4.08. The van der Waals surface area contributed by atoms with Crippen LogP contribution in [0.4, 0.5) is 5.69 Å². The molecule has 0 saturated heterocycles. The van der Waals surface area contributed by atoms with E-state index in [2.05, 4.69) is 34.5 Å². The van der Waals surface area contributed by atoms with Crippen LogP contribution in [0.3, 0.4) is 0 Å². The normalized spacial score (nSPS) is 11.8. The molecule has 1 aromatic rings. The van der Waals surface area contributed by atoms with E-state index in [1.807, 2.05) is 6.92 Å². The fraction of sp³-hybridized carbons (Fsp3) is 0.682. The van der Waals surface area contributed by atoms with Gasteiger partial charge in [-0.05, 0) is 24.6 Å². The number of carbonyl (C=O) groups is 1. The van der Waals surface area contributed by atoms with E-state index in [9.17, 15) is 4.79 Å². The van der Waals surface area contributed by atoms with Crippen LogP contribution in [-0.4, -0.2) is 77.6 Å². The fourth-order valence-electron chi connectivity index (χ4n) is 2.52. The van der Waals surface area contributed by atoms with Gasteiger partial charge in [-0.25, -0.2) is 0 Å². The number of anilines is 1. The Balaban J connectivity index is 2.25. The van der Waals surface area contributed by atoms with Crippen molar-refractivity contribution in [1.29, 1.82) is 0 Å². The third kappa shape index (κ3) is 15.9. The summed E-state index contributed by atoms with van der Waals surface area (Å²) in [5, 5.41) is 9.63. The molecule has 0 aromatic heterocycles. The van der Waals surface area contributed by atoms with E-state index in [0.29, 0.717) is 63.7 Å². The van der Waals surface area contributed by atoms with Crippen LogP contribution < -0.4 is 15.4 Å². The maximum atomic E-state index is 12.1. The van der Waals surface area contributed by atoms with Crippen LogP contribution in [0, 0.1) is 0 Å². The molecule has 11 heteroatoms. The lowest BCUT2D eigenvalue weighted by Crippen LogP contribution is -2.27. The van der Waals surface area contributed by atoms with Crippen LogP contribution in [0.25, 0.3) is 10.4 Å². The highest BCUT2D eigenvalue weighted by atomic mass is 16.6. The topological polar surface area (TPSA) is 136 Å². The van der Waals surface area contributed by atoms with Crippen molar-refractivity contribution >= 4 is 11.6 Å². The lowest BCUT2D eigenvalue weighted by molar-refractivity contribution is -0.117. The van der Waals surface area contributed by atoms with Gasteiger partial charge in [0.2, 0.25) is 5.91 Å². The number of carbonyl (C=O) groups excluding carboxylic acids is 1. The van der Waals surface area contributed by atoms with Crippen LogP contribution in [0.2, 0.25) is 0 Å². The maximum absolute atomic E-state index is 12.1. The highest BCUT2D eigenvalue weighted by Crippen LogP contribution is 2.18. The van der Waals surface area contributed by atoms with Gasteiger partial charge >= 0.3 is 0 Å². The van der Waals surface area contributed by atoms with E-state index >= 15 is 0 Å². The standard InChI is InChI=1S/C22H37N5O6/c1-4-29-14-15-32-22(26-27-23)17-33-20-7-5-6-19(16-20)25-21(28)8-10-30-12-13-31-11-9-24-18(2)3/h5-7,16,18,22,24H,4,8-15,17H2,1-3H3,(H,25,28).